The summed E-state index contributed by atoms with van der Waals surface area (Å²) in [5.74, 6) is 7.10. The van der Waals surface area contributed by atoms with Gasteiger partial charge in [0.15, 0.2) is 5.96 Å². The summed E-state index contributed by atoms with van der Waals surface area (Å²) < 4.78 is 0. The third-order valence-corrected chi connectivity index (χ3v) is 8.35. The van der Waals surface area contributed by atoms with Crippen LogP contribution in [-0.4, -0.2) is 48.7 Å². The Hall–Kier alpha value is -0.665. The van der Waals surface area contributed by atoms with Crippen LogP contribution in [-0.2, 0) is 0 Å². The largest absolute Gasteiger partial charge is 0.384 e. The van der Waals surface area contributed by atoms with E-state index in [-0.39, 0.29) is 0 Å². The van der Waals surface area contributed by atoms with E-state index < -0.39 is 0 Å². The van der Waals surface area contributed by atoms with Crippen molar-refractivity contribution in [2.45, 2.75) is 103 Å². The molecule has 4 aliphatic carbocycles. The molecular formula is C23H42BN3. The monoisotopic (exact) mass is 371 g/mol. The smallest absolute Gasteiger partial charge is 0.265 e. The number of hydrogen-bond acceptors (Lipinski definition) is 1. The molecule has 0 aromatic heterocycles. The first-order valence-electron chi connectivity index (χ1n) is 11.9. The highest BCUT2D eigenvalue weighted by Crippen LogP contribution is 2.60. The molecule has 4 rings (SSSR count). The average molecular weight is 371 g/mol. The van der Waals surface area contributed by atoms with Gasteiger partial charge in [-0.3, -0.25) is 4.99 Å². The SMILES string of the molecule is CC(C)N=C(N(C)C)N(B([C@H]1C[C@@H]2CC[C@H]1C2)[C@@H]1C[C@H]2CC[C@@H]1C2)C(C)C. The molecule has 4 bridgehead atoms. The second-order valence-corrected chi connectivity index (χ2v) is 11.1. The predicted molar refractivity (Wildman–Crippen MR) is 117 cm³/mol. The van der Waals surface area contributed by atoms with Crippen molar-refractivity contribution in [3.05, 3.63) is 0 Å². The van der Waals surface area contributed by atoms with Crippen molar-refractivity contribution in [2.24, 2.45) is 28.7 Å². The number of fused-ring (bicyclic) bond motifs is 4. The lowest BCUT2D eigenvalue weighted by Crippen LogP contribution is -2.58. The van der Waals surface area contributed by atoms with Crippen LogP contribution in [0.1, 0.15) is 79.1 Å². The molecule has 0 aromatic rings. The van der Waals surface area contributed by atoms with Crippen LogP contribution in [0, 0.1) is 23.7 Å². The van der Waals surface area contributed by atoms with Crippen LogP contribution in [0.25, 0.3) is 0 Å². The standard InChI is InChI=1S/C23H42BN3/c1-15(2)25-23(26(5)6)27(16(3)4)24(21-13-17-7-9-19(21)11-17)22-14-18-8-10-20(22)12-18/h15-22H,7-14H2,1-6H3/t17-,18+,19+,20-,21+,22-. The zero-order valence-corrected chi connectivity index (χ0v) is 18.7. The fourth-order valence-electron chi connectivity index (χ4n) is 7.51. The molecule has 0 amide bonds. The van der Waals surface area contributed by atoms with E-state index >= 15 is 0 Å². The predicted octanol–water partition coefficient (Wildman–Crippen LogP) is 5.39. The van der Waals surface area contributed by atoms with Crippen LogP contribution in [0.15, 0.2) is 4.99 Å². The summed E-state index contributed by atoms with van der Waals surface area (Å²) in [6.45, 7) is 9.99. The molecule has 0 N–H and O–H groups in total. The van der Waals surface area contributed by atoms with Crippen molar-refractivity contribution in [3.63, 3.8) is 0 Å². The van der Waals surface area contributed by atoms with Crippen molar-refractivity contribution in [3.8, 4) is 0 Å². The molecule has 0 unspecified atom stereocenters. The molecule has 4 heteroatoms. The highest BCUT2D eigenvalue weighted by atomic mass is 15.3. The van der Waals surface area contributed by atoms with Crippen molar-refractivity contribution in [1.29, 1.82) is 0 Å². The summed E-state index contributed by atoms with van der Waals surface area (Å²) in [7, 11) is 4.41. The van der Waals surface area contributed by atoms with Gasteiger partial charge in [0.1, 0.15) is 0 Å². The van der Waals surface area contributed by atoms with Gasteiger partial charge in [-0.25, -0.2) is 0 Å². The molecule has 0 radical (unpaired) electrons. The van der Waals surface area contributed by atoms with Crippen LogP contribution >= 0.6 is 0 Å². The maximum Gasteiger partial charge on any atom is 0.265 e. The van der Waals surface area contributed by atoms with Crippen molar-refractivity contribution in [1.82, 2.24) is 9.71 Å². The van der Waals surface area contributed by atoms with Gasteiger partial charge < -0.3 is 9.71 Å². The van der Waals surface area contributed by atoms with Gasteiger partial charge in [-0.05, 0) is 75.8 Å². The second kappa shape index (κ2) is 7.63. The molecule has 4 fully saturated rings. The highest BCUT2D eigenvalue weighted by Gasteiger charge is 2.55. The fourth-order valence-corrected chi connectivity index (χ4v) is 7.51. The van der Waals surface area contributed by atoms with Gasteiger partial charge in [0.25, 0.3) is 6.85 Å². The maximum atomic E-state index is 5.15. The topological polar surface area (TPSA) is 18.8 Å². The van der Waals surface area contributed by atoms with Crippen molar-refractivity contribution in [2.75, 3.05) is 14.1 Å². The summed E-state index contributed by atoms with van der Waals surface area (Å²) in [4.78, 5) is 10.3. The van der Waals surface area contributed by atoms with E-state index in [0.29, 0.717) is 12.1 Å². The average Bonchev–Trinajstić information content (AvgIpc) is 3.37. The normalized spacial score (nSPS) is 37.7. The Morgan fingerprint density at radius 3 is 1.63 bits per heavy atom. The van der Waals surface area contributed by atoms with E-state index in [9.17, 15) is 0 Å². The lowest BCUT2D eigenvalue weighted by Gasteiger charge is -2.47. The Balaban J connectivity index is 1.70. The minimum absolute atomic E-state index is 0.351. The van der Waals surface area contributed by atoms with Gasteiger partial charge in [0.2, 0.25) is 0 Å². The van der Waals surface area contributed by atoms with E-state index in [4.69, 9.17) is 4.99 Å². The lowest BCUT2D eigenvalue weighted by atomic mass is 9.36. The molecule has 0 aliphatic heterocycles. The first-order chi connectivity index (χ1) is 12.8. The van der Waals surface area contributed by atoms with Crippen LogP contribution in [0.4, 0.5) is 0 Å². The van der Waals surface area contributed by atoms with E-state index in [2.05, 4.69) is 51.5 Å². The molecule has 27 heavy (non-hydrogen) atoms. The summed E-state index contributed by atoms with van der Waals surface area (Å²) in [5, 5.41) is 0. The molecule has 4 saturated carbocycles. The molecule has 0 saturated heterocycles. The molecule has 6 atom stereocenters. The Morgan fingerprint density at radius 2 is 1.33 bits per heavy atom. The van der Waals surface area contributed by atoms with E-state index in [0.717, 1.165) is 42.2 Å². The van der Waals surface area contributed by atoms with Crippen LogP contribution < -0.4 is 0 Å². The zero-order chi connectivity index (χ0) is 19.3. The Bertz CT molecular complexity index is 530. The van der Waals surface area contributed by atoms with Gasteiger partial charge >= 0.3 is 0 Å². The van der Waals surface area contributed by atoms with Crippen molar-refractivity contribution < 1.29 is 0 Å². The molecule has 0 heterocycles. The third-order valence-electron chi connectivity index (χ3n) is 8.35. The molecule has 0 aromatic carbocycles. The van der Waals surface area contributed by atoms with Crippen molar-refractivity contribution >= 4 is 12.8 Å². The summed E-state index contributed by atoms with van der Waals surface area (Å²) in [6, 6.07) is 0.873. The van der Waals surface area contributed by atoms with E-state index in [1.807, 2.05) is 0 Å². The first-order valence-corrected chi connectivity index (χ1v) is 11.9. The number of hydrogen-bond donors (Lipinski definition) is 0. The number of aliphatic imine (C=N–C) groups is 1. The lowest BCUT2D eigenvalue weighted by molar-refractivity contribution is 0.369. The number of rotatable bonds is 5. The Morgan fingerprint density at radius 1 is 0.815 bits per heavy atom. The van der Waals surface area contributed by atoms with Crippen LogP contribution in [0.5, 0.6) is 0 Å². The maximum absolute atomic E-state index is 5.15. The molecule has 152 valence electrons. The zero-order valence-electron chi connectivity index (χ0n) is 18.7. The van der Waals surface area contributed by atoms with E-state index in [1.165, 1.54) is 57.3 Å². The van der Waals surface area contributed by atoms with Crippen LogP contribution in [0.2, 0.25) is 11.6 Å². The summed E-state index contributed by atoms with van der Waals surface area (Å²) >= 11 is 0. The molecular weight excluding hydrogens is 329 g/mol. The first kappa shape index (κ1) is 19.6. The highest BCUT2D eigenvalue weighted by molar-refractivity contribution is 6.62. The van der Waals surface area contributed by atoms with Gasteiger partial charge in [-0.15, -0.1) is 0 Å². The van der Waals surface area contributed by atoms with Gasteiger partial charge in [0.05, 0.1) is 0 Å². The van der Waals surface area contributed by atoms with Crippen LogP contribution in [0.3, 0.4) is 0 Å². The number of nitrogens with zero attached hydrogens (tertiary/aromatic N) is 3. The quantitative estimate of drug-likeness (QED) is 0.366. The minimum atomic E-state index is 0.351. The fraction of sp³-hybridized carbons (Fsp3) is 0.957. The molecule has 3 nitrogen and oxygen atoms in total. The third kappa shape index (κ3) is 3.67. The van der Waals surface area contributed by atoms with E-state index in [1.54, 1.807) is 0 Å². The summed E-state index contributed by atoms with van der Waals surface area (Å²) in [6.07, 6.45) is 12.0. The Labute approximate surface area is 168 Å². The van der Waals surface area contributed by atoms with Gasteiger partial charge in [0, 0.05) is 26.2 Å². The van der Waals surface area contributed by atoms with Gasteiger partial charge in [-0.1, -0.05) is 38.5 Å². The Kier molecular flexibility index (Phi) is 5.55. The summed E-state index contributed by atoms with van der Waals surface area (Å²) in [5.41, 5.74) is 0. The second-order valence-electron chi connectivity index (χ2n) is 11.1. The number of guanidine groups is 1. The minimum Gasteiger partial charge on any atom is -0.384 e. The molecule has 0 spiro atoms. The molecule has 4 aliphatic rings. The van der Waals surface area contributed by atoms with Gasteiger partial charge in [-0.2, -0.15) is 0 Å².